The highest BCUT2D eigenvalue weighted by Gasteiger charge is 2.15. The lowest BCUT2D eigenvalue weighted by molar-refractivity contribution is 0.391. The van der Waals surface area contributed by atoms with Crippen molar-refractivity contribution in [1.29, 1.82) is 0 Å². The maximum absolute atomic E-state index is 13.1. The molecule has 0 unspecified atom stereocenters. The molecule has 0 aliphatic carbocycles. The summed E-state index contributed by atoms with van der Waals surface area (Å²) in [5.74, 6) is 1.93. The smallest absolute Gasteiger partial charge is 0.237 e. The summed E-state index contributed by atoms with van der Waals surface area (Å²) < 4.78 is 20.4. The summed E-state index contributed by atoms with van der Waals surface area (Å²) in [6.45, 7) is 4.87. The average Bonchev–Trinajstić information content (AvgIpc) is 3.33. The summed E-state index contributed by atoms with van der Waals surface area (Å²) in [6.07, 6.45) is 0. The predicted molar refractivity (Wildman–Crippen MR) is 105 cm³/mol. The second-order valence-corrected chi connectivity index (χ2v) is 7.17. The molecule has 0 fully saturated rings. The number of aromatic nitrogens is 5. The van der Waals surface area contributed by atoms with E-state index < -0.39 is 0 Å². The van der Waals surface area contributed by atoms with Crippen molar-refractivity contribution in [3.63, 3.8) is 0 Å². The Morgan fingerprint density at radius 2 is 1.89 bits per heavy atom. The van der Waals surface area contributed by atoms with E-state index in [1.165, 1.54) is 29.5 Å². The first-order valence-electron chi connectivity index (χ1n) is 8.85. The maximum Gasteiger partial charge on any atom is 0.237 e. The van der Waals surface area contributed by atoms with E-state index in [4.69, 9.17) is 4.52 Å². The van der Waals surface area contributed by atoms with Crippen LogP contribution in [0.5, 0.6) is 0 Å². The van der Waals surface area contributed by atoms with Gasteiger partial charge in [-0.2, -0.15) is 4.98 Å². The highest BCUT2D eigenvalue weighted by molar-refractivity contribution is 7.98. The molecule has 4 rings (SSSR count). The molecule has 0 radical (unpaired) electrons. The minimum absolute atomic E-state index is 0.300. The van der Waals surface area contributed by atoms with Crippen molar-refractivity contribution in [2.24, 2.45) is 0 Å². The van der Waals surface area contributed by atoms with Crippen molar-refractivity contribution >= 4 is 11.8 Å². The Bertz CT molecular complexity index is 1090. The van der Waals surface area contributed by atoms with Crippen molar-refractivity contribution < 1.29 is 8.91 Å². The predicted octanol–water partition coefficient (Wildman–Crippen LogP) is 4.75. The fraction of sp³-hybridized carbons (Fsp3) is 0.200. The van der Waals surface area contributed by atoms with Crippen LogP contribution >= 0.6 is 11.8 Å². The molecule has 0 atom stereocenters. The van der Waals surface area contributed by atoms with Gasteiger partial charge in [-0.25, -0.2) is 4.39 Å². The van der Waals surface area contributed by atoms with Gasteiger partial charge in [0.25, 0.3) is 0 Å². The number of aryl methyl sites for hydroxylation is 1. The molecule has 2 heterocycles. The van der Waals surface area contributed by atoms with Gasteiger partial charge in [0, 0.05) is 17.7 Å². The maximum atomic E-state index is 13.1. The molecule has 0 saturated carbocycles. The van der Waals surface area contributed by atoms with E-state index in [1.807, 2.05) is 12.1 Å². The standard InChI is InChI=1S/C20H18FN5OS/c1-3-26-19(15-6-4-5-13(2)11-15)23-24-20(26)28-12-17-22-18(25-27-17)14-7-9-16(21)10-8-14/h4-11H,3,12H2,1-2H3. The Morgan fingerprint density at radius 1 is 1.07 bits per heavy atom. The molecule has 0 amide bonds. The van der Waals surface area contributed by atoms with E-state index in [0.29, 0.717) is 23.0 Å². The van der Waals surface area contributed by atoms with E-state index in [1.54, 1.807) is 12.1 Å². The quantitative estimate of drug-likeness (QED) is 0.439. The van der Waals surface area contributed by atoms with E-state index in [-0.39, 0.29) is 5.82 Å². The van der Waals surface area contributed by atoms with Gasteiger partial charge in [0.2, 0.25) is 11.7 Å². The summed E-state index contributed by atoms with van der Waals surface area (Å²) in [6, 6.07) is 14.2. The SMILES string of the molecule is CCn1c(SCc2nc(-c3ccc(F)cc3)no2)nnc1-c1cccc(C)c1. The highest BCUT2D eigenvalue weighted by Crippen LogP contribution is 2.27. The van der Waals surface area contributed by atoms with Gasteiger partial charge in [0.15, 0.2) is 11.0 Å². The van der Waals surface area contributed by atoms with Crippen molar-refractivity contribution in [3.8, 4) is 22.8 Å². The van der Waals surface area contributed by atoms with Gasteiger partial charge in [0.1, 0.15) is 5.82 Å². The van der Waals surface area contributed by atoms with Crippen LogP contribution in [0, 0.1) is 12.7 Å². The van der Waals surface area contributed by atoms with Gasteiger partial charge >= 0.3 is 0 Å². The number of halogens is 1. The first-order valence-corrected chi connectivity index (χ1v) is 9.84. The monoisotopic (exact) mass is 395 g/mol. The van der Waals surface area contributed by atoms with Crippen LogP contribution in [-0.2, 0) is 12.3 Å². The molecule has 8 heteroatoms. The van der Waals surface area contributed by atoms with Gasteiger partial charge in [-0.05, 0) is 44.2 Å². The number of thioether (sulfide) groups is 1. The molecule has 0 N–H and O–H groups in total. The second kappa shape index (κ2) is 7.93. The van der Waals surface area contributed by atoms with Crippen molar-refractivity contribution in [1.82, 2.24) is 24.9 Å². The topological polar surface area (TPSA) is 69.6 Å². The molecule has 0 aliphatic heterocycles. The fourth-order valence-electron chi connectivity index (χ4n) is 2.83. The van der Waals surface area contributed by atoms with Gasteiger partial charge < -0.3 is 9.09 Å². The molecule has 4 aromatic rings. The third kappa shape index (κ3) is 3.82. The van der Waals surface area contributed by atoms with Crippen LogP contribution in [0.25, 0.3) is 22.8 Å². The first kappa shape index (κ1) is 18.4. The summed E-state index contributed by atoms with van der Waals surface area (Å²) in [4.78, 5) is 4.38. The first-order chi connectivity index (χ1) is 13.6. The average molecular weight is 395 g/mol. The number of benzene rings is 2. The van der Waals surface area contributed by atoms with Gasteiger partial charge in [-0.3, -0.25) is 0 Å². The lowest BCUT2D eigenvalue weighted by atomic mass is 10.1. The molecule has 0 spiro atoms. The lowest BCUT2D eigenvalue weighted by Gasteiger charge is -2.07. The Balaban J connectivity index is 1.50. The van der Waals surface area contributed by atoms with Crippen LogP contribution in [0.2, 0.25) is 0 Å². The normalized spacial score (nSPS) is 11.1. The summed E-state index contributed by atoms with van der Waals surface area (Å²) in [5, 5.41) is 13.4. The number of nitrogens with zero attached hydrogens (tertiary/aromatic N) is 5. The number of hydrogen-bond acceptors (Lipinski definition) is 6. The van der Waals surface area contributed by atoms with Crippen LogP contribution in [0.4, 0.5) is 4.39 Å². The molecule has 0 saturated heterocycles. The number of rotatable bonds is 6. The molecule has 0 bridgehead atoms. The van der Waals surface area contributed by atoms with Gasteiger partial charge in [-0.1, -0.05) is 40.7 Å². The molecule has 142 valence electrons. The van der Waals surface area contributed by atoms with E-state index in [9.17, 15) is 4.39 Å². The summed E-state index contributed by atoms with van der Waals surface area (Å²) >= 11 is 1.49. The van der Waals surface area contributed by atoms with Crippen LogP contribution in [0.3, 0.4) is 0 Å². The highest BCUT2D eigenvalue weighted by atomic mass is 32.2. The fourth-order valence-corrected chi connectivity index (χ4v) is 3.67. The number of hydrogen-bond donors (Lipinski definition) is 0. The van der Waals surface area contributed by atoms with Crippen molar-refractivity contribution in [2.75, 3.05) is 0 Å². The Hall–Kier alpha value is -3.00. The Kier molecular flexibility index (Phi) is 5.21. The van der Waals surface area contributed by atoms with Crippen LogP contribution in [0.15, 0.2) is 58.2 Å². The zero-order valence-corrected chi connectivity index (χ0v) is 16.3. The zero-order chi connectivity index (χ0) is 19.5. The molecular weight excluding hydrogens is 377 g/mol. The summed E-state index contributed by atoms with van der Waals surface area (Å²) in [7, 11) is 0. The molecule has 2 aromatic carbocycles. The minimum Gasteiger partial charge on any atom is -0.338 e. The van der Waals surface area contributed by atoms with Gasteiger partial charge in [0.05, 0.1) is 5.75 Å². The Labute approximate surface area is 165 Å². The third-order valence-electron chi connectivity index (χ3n) is 4.20. The van der Waals surface area contributed by atoms with Crippen LogP contribution in [0.1, 0.15) is 18.4 Å². The molecule has 28 heavy (non-hydrogen) atoms. The minimum atomic E-state index is -0.300. The van der Waals surface area contributed by atoms with E-state index in [2.05, 4.69) is 50.9 Å². The second-order valence-electron chi connectivity index (χ2n) is 6.23. The van der Waals surface area contributed by atoms with Crippen LogP contribution < -0.4 is 0 Å². The third-order valence-corrected chi connectivity index (χ3v) is 5.16. The molecule has 2 aromatic heterocycles. The largest absolute Gasteiger partial charge is 0.338 e. The Morgan fingerprint density at radius 3 is 2.64 bits per heavy atom. The molecule has 0 aliphatic rings. The summed E-state index contributed by atoms with van der Waals surface area (Å²) in [5.41, 5.74) is 2.92. The van der Waals surface area contributed by atoms with E-state index >= 15 is 0 Å². The molecule has 6 nitrogen and oxygen atoms in total. The van der Waals surface area contributed by atoms with Crippen molar-refractivity contribution in [3.05, 3.63) is 65.8 Å². The van der Waals surface area contributed by atoms with E-state index in [0.717, 1.165) is 23.1 Å². The van der Waals surface area contributed by atoms with Crippen LogP contribution in [-0.4, -0.2) is 24.9 Å². The zero-order valence-electron chi connectivity index (χ0n) is 15.5. The lowest BCUT2D eigenvalue weighted by Crippen LogP contribution is -2.00. The van der Waals surface area contributed by atoms with Gasteiger partial charge in [-0.15, -0.1) is 10.2 Å². The van der Waals surface area contributed by atoms with Crippen molar-refractivity contribution in [2.45, 2.75) is 31.3 Å². The molecular formula is C20H18FN5OS.